The topological polar surface area (TPSA) is 186 Å². The molecule has 1 spiro atoms. The van der Waals surface area contributed by atoms with Crippen LogP contribution in [0, 0.1) is 12.8 Å². The van der Waals surface area contributed by atoms with E-state index in [2.05, 4.69) is 30.8 Å². The van der Waals surface area contributed by atoms with Crippen LogP contribution in [0.4, 0.5) is 27.9 Å². The zero-order chi connectivity index (χ0) is 41.5. The van der Waals surface area contributed by atoms with Crippen molar-refractivity contribution < 1.29 is 24.3 Å². The lowest BCUT2D eigenvalue weighted by molar-refractivity contribution is -0.120. The molecule has 3 aliphatic carbocycles. The number of hydrogen-bond donors (Lipinski definition) is 5. The van der Waals surface area contributed by atoms with Crippen LogP contribution < -0.4 is 26.0 Å². The number of piperazine rings is 1. The number of fused-ring (bicyclic) bond motifs is 2. The lowest BCUT2D eigenvalue weighted by Crippen LogP contribution is -2.50. The molecule has 4 heterocycles. The van der Waals surface area contributed by atoms with E-state index in [0.717, 1.165) is 86.0 Å². The maximum absolute atomic E-state index is 13.0. The zero-order valence-corrected chi connectivity index (χ0v) is 35.4. The smallest absolute Gasteiger partial charge is 0.328 e. The number of carbonyl (C=O) groups is 4. The fraction of sp³-hybridized carbons (Fsp3) is 0.535. The standard InChI is InChI=1S/C22H29ClN4O3.C15H15N5OS.C6H12O/c23-18-14-17(6-7-19(18)27-9-8-20(28)24-22(27)30)21(29)26-12-10-25(11-13-26)15-16-4-2-1-3-5-16;1-8-6-9(22-16)2-3-11(8)18-14-17-7-10-12(20-14)19-13(21)15(10)4-5-15;7-6-4-2-1-3-5-6/h6-7,14,16H,1-5,8-13,15H2,(H,24,28,30);2-3,6-7H,4-5,16H2,1H3,(H2,17,18,19,20,21);6-7H,1-5H2. The number of aryl methyl sites for hydroxylation is 1. The van der Waals surface area contributed by atoms with Gasteiger partial charge in [-0.1, -0.05) is 50.1 Å². The number of benzene rings is 2. The molecule has 0 unspecified atom stereocenters. The van der Waals surface area contributed by atoms with Gasteiger partial charge in [0.2, 0.25) is 17.8 Å². The Labute approximate surface area is 355 Å². The molecule has 5 amide bonds. The van der Waals surface area contributed by atoms with Gasteiger partial charge < -0.3 is 20.6 Å². The summed E-state index contributed by atoms with van der Waals surface area (Å²) < 4.78 is 0. The number of imide groups is 1. The highest BCUT2D eigenvalue weighted by atomic mass is 35.5. The first-order valence-corrected chi connectivity index (χ1v) is 22.3. The van der Waals surface area contributed by atoms with Crippen LogP contribution in [0.1, 0.15) is 105 Å². The molecule has 5 fully saturated rings. The minimum atomic E-state index is -0.485. The van der Waals surface area contributed by atoms with Gasteiger partial charge in [0.25, 0.3) is 5.91 Å². The first-order chi connectivity index (χ1) is 28.5. The third-order valence-corrected chi connectivity index (χ3v) is 13.1. The largest absolute Gasteiger partial charge is 0.393 e. The normalized spacial score (nSPS) is 20.4. The van der Waals surface area contributed by atoms with Crippen molar-refractivity contribution in [1.29, 1.82) is 0 Å². The van der Waals surface area contributed by atoms with Gasteiger partial charge in [0, 0.05) is 73.6 Å². The van der Waals surface area contributed by atoms with Crippen LogP contribution in [0.3, 0.4) is 0 Å². The van der Waals surface area contributed by atoms with E-state index < -0.39 is 6.03 Å². The number of aliphatic hydroxyl groups excluding tert-OH is 1. The molecule has 14 nitrogen and oxygen atoms in total. The maximum Gasteiger partial charge on any atom is 0.328 e. The SMILES string of the molecule is Cc1cc(SN)ccc1Nc1ncc2c(n1)NC(=O)C21CC1.O=C1CCN(c2ccc(C(=O)N3CCN(CC4CCCCC4)CC3)cc2Cl)C(=O)N1.OC1CCCCC1. The number of urea groups is 1. The number of rotatable bonds is 7. The van der Waals surface area contributed by atoms with Crippen LogP contribution in [-0.4, -0.2) is 94.0 Å². The third-order valence-electron chi connectivity index (χ3n) is 12.3. The molecule has 9 rings (SSSR count). The van der Waals surface area contributed by atoms with Crippen LogP contribution in [-0.2, 0) is 15.0 Å². The van der Waals surface area contributed by atoms with Crippen LogP contribution in [0.15, 0.2) is 47.5 Å². The number of nitrogens with two attached hydrogens (primary N) is 1. The average molecular weight is 846 g/mol. The number of nitrogens with zero attached hydrogens (tertiary/aromatic N) is 5. The fourth-order valence-corrected chi connectivity index (χ4v) is 9.29. The molecule has 0 bridgehead atoms. The second-order valence-corrected chi connectivity index (χ2v) is 17.6. The number of amides is 5. The molecule has 316 valence electrons. The molecule has 0 radical (unpaired) electrons. The molecule has 3 saturated carbocycles. The fourth-order valence-electron chi connectivity index (χ4n) is 8.61. The number of aliphatic hydroxyl groups is 1. The summed E-state index contributed by atoms with van der Waals surface area (Å²) >= 11 is 7.61. The van der Waals surface area contributed by atoms with Crippen molar-refractivity contribution in [3.05, 3.63) is 64.3 Å². The molecule has 6 N–H and O–H groups in total. The Balaban J connectivity index is 0.000000158. The molecule has 1 aromatic heterocycles. The Morgan fingerprint density at radius 3 is 2.27 bits per heavy atom. The number of hydrogen-bond acceptors (Lipinski definition) is 11. The van der Waals surface area contributed by atoms with Crippen molar-refractivity contribution in [2.24, 2.45) is 11.1 Å². The van der Waals surface area contributed by atoms with Gasteiger partial charge in [0.15, 0.2) is 0 Å². The minimum absolute atomic E-state index is 0.0287. The monoisotopic (exact) mass is 845 g/mol. The predicted octanol–water partition coefficient (Wildman–Crippen LogP) is 6.91. The highest BCUT2D eigenvalue weighted by Crippen LogP contribution is 2.54. The molecule has 0 atom stereocenters. The van der Waals surface area contributed by atoms with Gasteiger partial charge in [-0.15, -0.1) is 0 Å². The molecular formula is C43H56ClN9O5S. The summed E-state index contributed by atoms with van der Waals surface area (Å²) in [6, 6.07) is 10.4. The maximum atomic E-state index is 13.0. The van der Waals surface area contributed by atoms with Gasteiger partial charge in [0.1, 0.15) is 5.82 Å². The summed E-state index contributed by atoms with van der Waals surface area (Å²) in [5.41, 5.74) is 3.60. The van der Waals surface area contributed by atoms with Crippen molar-refractivity contribution in [1.82, 2.24) is 25.1 Å². The average Bonchev–Trinajstić information content (AvgIpc) is 4.00. The summed E-state index contributed by atoms with van der Waals surface area (Å²) in [4.78, 5) is 63.9. The molecular weight excluding hydrogens is 790 g/mol. The number of halogens is 1. The Hall–Kier alpha value is -4.28. The van der Waals surface area contributed by atoms with Gasteiger partial charge >= 0.3 is 6.03 Å². The van der Waals surface area contributed by atoms with Gasteiger partial charge in [-0.3, -0.25) is 34.6 Å². The first-order valence-electron chi connectivity index (χ1n) is 21.1. The highest BCUT2D eigenvalue weighted by molar-refractivity contribution is 7.97. The van der Waals surface area contributed by atoms with Crippen LogP contribution in [0.2, 0.25) is 5.02 Å². The summed E-state index contributed by atoms with van der Waals surface area (Å²) in [5.74, 6) is 1.66. The van der Waals surface area contributed by atoms with E-state index >= 15 is 0 Å². The highest BCUT2D eigenvalue weighted by Gasteiger charge is 2.57. The third kappa shape index (κ3) is 10.5. The number of anilines is 4. The van der Waals surface area contributed by atoms with Crippen molar-refractivity contribution in [3.8, 4) is 0 Å². The number of carbonyl (C=O) groups excluding carboxylic acids is 4. The van der Waals surface area contributed by atoms with Gasteiger partial charge in [-0.2, -0.15) is 4.98 Å². The Bertz CT molecular complexity index is 2010. The van der Waals surface area contributed by atoms with Crippen molar-refractivity contribution in [2.45, 2.75) is 107 Å². The summed E-state index contributed by atoms with van der Waals surface area (Å²) in [6.07, 6.45) is 16.5. The van der Waals surface area contributed by atoms with Crippen molar-refractivity contribution in [2.75, 3.05) is 54.8 Å². The number of nitrogens with one attached hydrogen (secondary N) is 3. The summed E-state index contributed by atoms with van der Waals surface area (Å²) in [6.45, 7) is 6.70. The van der Waals surface area contributed by atoms with E-state index in [0.29, 0.717) is 28.0 Å². The van der Waals surface area contributed by atoms with E-state index in [1.54, 1.807) is 24.4 Å². The van der Waals surface area contributed by atoms with Gasteiger partial charge in [-0.05, 0) is 105 Å². The van der Waals surface area contributed by atoms with E-state index in [9.17, 15) is 19.2 Å². The molecule has 6 aliphatic rings. The lowest BCUT2D eigenvalue weighted by atomic mass is 9.89. The van der Waals surface area contributed by atoms with E-state index in [4.69, 9.17) is 21.8 Å². The molecule has 2 aromatic carbocycles. The minimum Gasteiger partial charge on any atom is -0.393 e. The molecule has 3 aliphatic heterocycles. The van der Waals surface area contributed by atoms with Gasteiger partial charge in [-0.25, -0.2) is 9.78 Å². The van der Waals surface area contributed by atoms with Crippen molar-refractivity contribution >= 4 is 70.4 Å². The van der Waals surface area contributed by atoms with E-state index in [1.165, 1.54) is 68.2 Å². The van der Waals surface area contributed by atoms with E-state index in [-0.39, 0.29) is 42.2 Å². The Morgan fingerprint density at radius 2 is 1.66 bits per heavy atom. The van der Waals surface area contributed by atoms with Crippen LogP contribution in [0.5, 0.6) is 0 Å². The molecule has 3 aromatic rings. The number of aromatic nitrogens is 2. The summed E-state index contributed by atoms with van der Waals surface area (Å²) in [5, 5.41) is 23.1. The zero-order valence-electron chi connectivity index (χ0n) is 33.8. The molecule has 2 saturated heterocycles. The second-order valence-electron chi connectivity index (χ2n) is 16.5. The summed E-state index contributed by atoms with van der Waals surface area (Å²) in [7, 11) is 0. The van der Waals surface area contributed by atoms with Crippen molar-refractivity contribution in [3.63, 3.8) is 0 Å². The second kappa shape index (κ2) is 19.4. The Morgan fingerprint density at radius 1 is 0.949 bits per heavy atom. The molecule has 59 heavy (non-hydrogen) atoms. The predicted molar refractivity (Wildman–Crippen MR) is 231 cm³/mol. The lowest BCUT2D eigenvalue weighted by Gasteiger charge is -2.37. The molecule has 16 heteroatoms. The van der Waals surface area contributed by atoms with Gasteiger partial charge in [0.05, 0.1) is 22.2 Å². The quantitative estimate of drug-likeness (QED) is 0.156. The Kier molecular flexibility index (Phi) is 14.1. The first kappa shape index (κ1) is 42.8. The van der Waals surface area contributed by atoms with Crippen LogP contribution in [0.25, 0.3) is 0 Å². The van der Waals surface area contributed by atoms with E-state index in [1.807, 2.05) is 30.0 Å². The van der Waals surface area contributed by atoms with Crippen LogP contribution >= 0.6 is 23.5 Å².